The number of aldehydes is 1. The van der Waals surface area contributed by atoms with E-state index in [0.717, 1.165) is 31.5 Å². The summed E-state index contributed by atoms with van der Waals surface area (Å²) in [7, 11) is 0. The Bertz CT molecular complexity index is 429. The lowest BCUT2D eigenvalue weighted by molar-refractivity contribution is -0.151. The van der Waals surface area contributed by atoms with Crippen LogP contribution >= 0.6 is 0 Å². The van der Waals surface area contributed by atoms with Crippen molar-refractivity contribution in [2.24, 2.45) is 23.7 Å². The van der Waals surface area contributed by atoms with E-state index in [4.69, 9.17) is 9.47 Å². The number of hydrogen-bond acceptors (Lipinski definition) is 5. The standard InChI is InChI=1S/C11H18O3.C9H14O2/c1-2-14-11(13)7-6-10(8-12)9-4-3-5-9;10-9-5-4-8(6-11-9)7-2-1-3-7/h8-10H,2-7H2,1H3;7-8H,1-6H2. The van der Waals surface area contributed by atoms with Crippen LogP contribution < -0.4 is 0 Å². The zero-order valence-corrected chi connectivity index (χ0v) is 15.4. The van der Waals surface area contributed by atoms with Crippen LogP contribution in [0.2, 0.25) is 0 Å². The SMILES string of the molecule is CCOC(=O)CCC(C=O)C1CCC1.O=C1CCC(C2CCC2)CO1. The predicted molar refractivity (Wildman–Crippen MR) is 93.8 cm³/mol. The molecule has 0 aromatic rings. The van der Waals surface area contributed by atoms with Crippen molar-refractivity contribution in [2.75, 3.05) is 13.2 Å². The number of esters is 2. The first-order valence-electron chi connectivity index (χ1n) is 9.90. The van der Waals surface area contributed by atoms with Crippen molar-refractivity contribution >= 4 is 18.2 Å². The maximum Gasteiger partial charge on any atom is 0.305 e. The third kappa shape index (κ3) is 6.44. The number of cyclic esters (lactones) is 1. The van der Waals surface area contributed by atoms with Gasteiger partial charge in [0.25, 0.3) is 0 Å². The molecular weight excluding hydrogens is 320 g/mol. The molecule has 0 aromatic heterocycles. The second-order valence-electron chi connectivity index (χ2n) is 7.51. The molecule has 5 nitrogen and oxygen atoms in total. The molecule has 0 spiro atoms. The summed E-state index contributed by atoms with van der Waals surface area (Å²) in [5, 5.41) is 0. The van der Waals surface area contributed by atoms with Crippen LogP contribution in [-0.2, 0) is 23.9 Å². The molecule has 0 N–H and O–H groups in total. The molecule has 1 saturated heterocycles. The highest BCUT2D eigenvalue weighted by atomic mass is 16.5. The van der Waals surface area contributed by atoms with E-state index in [9.17, 15) is 14.4 Å². The molecule has 2 atom stereocenters. The molecule has 3 fully saturated rings. The van der Waals surface area contributed by atoms with Crippen LogP contribution in [0.4, 0.5) is 0 Å². The summed E-state index contributed by atoms with van der Waals surface area (Å²) in [4.78, 5) is 32.5. The second-order valence-corrected chi connectivity index (χ2v) is 7.51. The summed E-state index contributed by atoms with van der Waals surface area (Å²) >= 11 is 0. The third-order valence-corrected chi connectivity index (χ3v) is 5.91. The van der Waals surface area contributed by atoms with Crippen molar-refractivity contribution in [2.45, 2.75) is 71.1 Å². The first kappa shape index (κ1) is 19.9. The van der Waals surface area contributed by atoms with Gasteiger partial charge in [0.1, 0.15) is 6.29 Å². The largest absolute Gasteiger partial charge is 0.466 e. The van der Waals surface area contributed by atoms with Crippen molar-refractivity contribution in [3.63, 3.8) is 0 Å². The number of carbonyl (C=O) groups excluding carboxylic acids is 3. The Morgan fingerprint density at radius 3 is 2.36 bits per heavy atom. The molecule has 2 aliphatic carbocycles. The summed E-state index contributed by atoms with van der Waals surface area (Å²) in [6, 6.07) is 0. The Morgan fingerprint density at radius 1 is 1.20 bits per heavy atom. The smallest absolute Gasteiger partial charge is 0.305 e. The Morgan fingerprint density at radius 2 is 1.92 bits per heavy atom. The summed E-state index contributed by atoms with van der Waals surface area (Å²) in [6.45, 7) is 2.92. The van der Waals surface area contributed by atoms with E-state index in [-0.39, 0.29) is 17.9 Å². The van der Waals surface area contributed by atoms with E-state index in [0.29, 0.717) is 44.3 Å². The Balaban J connectivity index is 0.000000185. The van der Waals surface area contributed by atoms with Crippen molar-refractivity contribution in [1.82, 2.24) is 0 Å². The highest BCUT2D eigenvalue weighted by molar-refractivity contribution is 5.70. The van der Waals surface area contributed by atoms with Gasteiger partial charge in [0.2, 0.25) is 0 Å². The van der Waals surface area contributed by atoms with Gasteiger partial charge in [0.05, 0.1) is 13.2 Å². The minimum atomic E-state index is -0.182. The van der Waals surface area contributed by atoms with Crippen LogP contribution in [-0.4, -0.2) is 31.4 Å². The average molecular weight is 352 g/mol. The molecule has 3 rings (SSSR count). The average Bonchev–Trinajstić information content (AvgIpc) is 2.51. The van der Waals surface area contributed by atoms with Gasteiger partial charge in [-0.3, -0.25) is 9.59 Å². The topological polar surface area (TPSA) is 69.7 Å². The van der Waals surface area contributed by atoms with Gasteiger partial charge in [-0.25, -0.2) is 0 Å². The van der Waals surface area contributed by atoms with Crippen LogP contribution in [0, 0.1) is 23.7 Å². The highest BCUT2D eigenvalue weighted by Gasteiger charge is 2.31. The number of rotatable bonds is 7. The Hall–Kier alpha value is -1.39. The molecule has 3 aliphatic rings. The van der Waals surface area contributed by atoms with Crippen LogP contribution in [0.3, 0.4) is 0 Å². The summed E-state index contributed by atoms with van der Waals surface area (Å²) < 4.78 is 9.82. The van der Waals surface area contributed by atoms with E-state index >= 15 is 0 Å². The van der Waals surface area contributed by atoms with Crippen LogP contribution in [0.5, 0.6) is 0 Å². The van der Waals surface area contributed by atoms with Crippen molar-refractivity contribution in [1.29, 1.82) is 0 Å². The van der Waals surface area contributed by atoms with Gasteiger partial charge in [0.15, 0.2) is 0 Å². The molecule has 5 heteroatoms. The van der Waals surface area contributed by atoms with Crippen molar-refractivity contribution in [3.8, 4) is 0 Å². The monoisotopic (exact) mass is 352 g/mol. The zero-order chi connectivity index (χ0) is 18.1. The fourth-order valence-electron chi connectivity index (χ4n) is 3.74. The first-order chi connectivity index (χ1) is 12.1. The van der Waals surface area contributed by atoms with E-state index in [1.165, 1.54) is 25.7 Å². The van der Waals surface area contributed by atoms with Gasteiger partial charge in [-0.05, 0) is 50.4 Å². The molecule has 25 heavy (non-hydrogen) atoms. The maximum absolute atomic E-state index is 11.1. The fraction of sp³-hybridized carbons (Fsp3) is 0.850. The van der Waals surface area contributed by atoms with Crippen LogP contribution in [0.25, 0.3) is 0 Å². The Kier molecular flexibility index (Phi) is 8.42. The van der Waals surface area contributed by atoms with Gasteiger partial charge in [-0.1, -0.05) is 25.7 Å². The predicted octanol–water partition coefficient (Wildman–Crippen LogP) is 3.68. The molecular formula is C20H32O5. The molecule has 0 radical (unpaired) electrons. The normalized spacial score (nSPS) is 24.7. The summed E-state index contributed by atoms with van der Waals surface area (Å²) in [5.74, 6) is 2.00. The van der Waals surface area contributed by atoms with E-state index < -0.39 is 0 Å². The van der Waals surface area contributed by atoms with E-state index in [2.05, 4.69) is 0 Å². The summed E-state index contributed by atoms with van der Waals surface area (Å²) in [6.07, 6.45) is 11.4. The molecule has 0 bridgehead atoms. The van der Waals surface area contributed by atoms with Crippen molar-refractivity contribution in [3.05, 3.63) is 0 Å². The molecule has 1 heterocycles. The van der Waals surface area contributed by atoms with Gasteiger partial charge >= 0.3 is 11.9 Å². The number of ether oxygens (including phenoxy) is 2. The minimum absolute atomic E-state index is 0.000531. The quantitative estimate of drug-likeness (QED) is 0.516. The lowest BCUT2D eigenvalue weighted by atomic mass is 9.74. The lowest BCUT2D eigenvalue weighted by Crippen LogP contribution is -2.31. The van der Waals surface area contributed by atoms with Crippen molar-refractivity contribution < 1.29 is 23.9 Å². The molecule has 0 aromatic carbocycles. The molecule has 0 amide bonds. The minimum Gasteiger partial charge on any atom is -0.466 e. The molecule has 2 unspecified atom stereocenters. The van der Waals surface area contributed by atoms with Crippen LogP contribution in [0.15, 0.2) is 0 Å². The maximum atomic E-state index is 11.1. The first-order valence-corrected chi connectivity index (χ1v) is 9.90. The third-order valence-electron chi connectivity index (χ3n) is 5.91. The lowest BCUT2D eigenvalue weighted by Gasteiger charge is -2.35. The van der Waals surface area contributed by atoms with E-state index in [1.807, 2.05) is 0 Å². The number of carbonyl (C=O) groups is 3. The number of hydrogen-bond donors (Lipinski definition) is 0. The van der Waals surface area contributed by atoms with Crippen LogP contribution in [0.1, 0.15) is 71.1 Å². The second kappa shape index (κ2) is 10.6. The van der Waals surface area contributed by atoms with Gasteiger partial charge in [-0.2, -0.15) is 0 Å². The zero-order valence-electron chi connectivity index (χ0n) is 15.4. The Labute approximate surface area is 150 Å². The fourth-order valence-corrected chi connectivity index (χ4v) is 3.74. The van der Waals surface area contributed by atoms with Gasteiger partial charge in [-0.15, -0.1) is 0 Å². The van der Waals surface area contributed by atoms with E-state index in [1.54, 1.807) is 6.92 Å². The van der Waals surface area contributed by atoms with Gasteiger partial charge in [0, 0.05) is 18.8 Å². The molecule has 2 saturated carbocycles. The summed E-state index contributed by atoms with van der Waals surface area (Å²) in [5.41, 5.74) is 0. The molecule has 1 aliphatic heterocycles. The molecule has 142 valence electrons. The highest BCUT2D eigenvalue weighted by Crippen LogP contribution is 2.37. The van der Waals surface area contributed by atoms with Gasteiger partial charge < -0.3 is 14.3 Å².